The Balaban J connectivity index is 2.38. The summed E-state index contributed by atoms with van der Waals surface area (Å²) in [4.78, 5) is 0.669. The molecule has 0 aliphatic rings. The zero-order chi connectivity index (χ0) is 11.7. The molecule has 0 amide bonds. The van der Waals surface area contributed by atoms with Gasteiger partial charge in [-0.2, -0.15) is 0 Å². The van der Waals surface area contributed by atoms with Crippen molar-refractivity contribution in [2.24, 2.45) is 0 Å². The molecule has 2 rings (SSSR count). The van der Waals surface area contributed by atoms with Gasteiger partial charge in [0.15, 0.2) is 11.6 Å². The Kier molecular flexibility index (Phi) is 3.62. The minimum atomic E-state index is -0.852. The molecule has 0 fully saturated rings. The van der Waals surface area contributed by atoms with Crippen LogP contribution >= 0.6 is 38.9 Å². The van der Waals surface area contributed by atoms with Crippen LogP contribution in [0.15, 0.2) is 29.6 Å². The Morgan fingerprint density at radius 1 is 1.19 bits per heavy atom. The minimum Gasteiger partial charge on any atom is -0.204 e. The highest BCUT2D eigenvalue weighted by atomic mass is 79.9. The van der Waals surface area contributed by atoms with Gasteiger partial charge in [-0.05, 0) is 29.1 Å². The second kappa shape index (κ2) is 4.82. The van der Waals surface area contributed by atoms with E-state index in [4.69, 9.17) is 11.6 Å². The third-order valence-corrected chi connectivity index (χ3v) is 4.82. The van der Waals surface area contributed by atoms with E-state index in [0.29, 0.717) is 10.6 Å². The number of hydrogen-bond donors (Lipinski definition) is 0. The molecule has 1 atom stereocenters. The van der Waals surface area contributed by atoms with E-state index in [1.807, 2.05) is 5.38 Å². The molecule has 0 bridgehead atoms. The normalized spacial score (nSPS) is 12.8. The van der Waals surface area contributed by atoms with Crippen molar-refractivity contribution >= 4 is 38.9 Å². The van der Waals surface area contributed by atoms with Gasteiger partial charge in [-0.15, -0.1) is 11.3 Å². The van der Waals surface area contributed by atoms with Crippen LogP contribution in [-0.2, 0) is 0 Å². The molecular formula is C11H6BrClF2S. The molecule has 0 aliphatic carbocycles. The average Bonchev–Trinajstić information content (AvgIpc) is 2.67. The average molecular weight is 324 g/mol. The van der Waals surface area contributed by atoms with Gasteiger partial charge in [-0.3, -0.25) is 0 Å². The fourth-order valence-electron chi connectivity index (χ4n) is 1.31. The van der Waals surface area contributed by atoms with Crippen molar-refractivity contribution in [3.05, 3.63) is 56.7 Å². The number of rotatable bonds is 2. The van der Waals surface area contributed by atoms with E-state index >= 15 is 0 Å². The van der Waals surface area contributed by atoms with Crippen LogP contribution < -0.4 is 0 Å². The first-order valence-corrected chi connectivity index (χ1v) is 6.59. The predicted octanol–water partition coefficient (Wildman–Crippen LogP) is 5.16. The fraction of sp³-hybridized carbons (Fsp3) is 0.0909. The maximum Gasteiger partial charge on any atom is 0.159 e. The fourth-order valence-corrected chi connectivity index (χ4v) is 3.46. The summed E-state index contributed by atoms with van der Waals surface area (Å²) in [7, 11) is 0. The van der Waals surface area contributed by atoms with Gasteiger partial charge in [0.2, 0.25) is 0 Å². The first kappa shape index (κ1) is 12.0. The lowest BCUT2D eigenvalue weighted by atomic mass is 10.1. The molecule has 0 saturated carbocycles. The molecule has 1 aromatic carbocycles. The van der Waals surface area contributed by atoms with Gasteiger partial charge in [-0.25, -0.2) is 8.78 Å². The van der Waals surface area contributed by atoms with E-state index in [0.717, 1.165) is 10.9 Å². The predicted molar refractivity (Wildman–Crippen MR) is 66.5 cm³/mol. The van der Waals surface area contributed by atoms with Crippen LogP contribution in [0, 0.1) is 11.6 Å². The number of alkyl halides is 1. The number of halogens is 4. The van der Waals surface area contributed by atoms with Crippen molar-refractivity contribution in [3.8, 4) is 0 Å². The monoisotopic (exact) mass is 322 g/mol. The van der Waals surface area contributed by atoms with E-state index < -0.39 is 11.6 Å². The highest BCUT2D eigenvalue weighted by Gasteiger charge is 2.16. The number of thiophene rings is 1. The second-order valence-corrected chi connectivity index (χ2v) is 5.44. The molecule has 2 aromatic rings. The Morgan fingerprint density at radius 2 is 1.94 bits per heavy atom. The lowest BCUT2D eigenvalue weighted by Gasteiger charge is -2.09. The van der Waals surface area contributed by atoms with Crippen LogP contribution in [0.5, 0.6) is 0 Å². The van der Waals surface area contributed by atoms with Crippen molar-refractivity contribution in [1.29, 1.82) is 0 Å². The number of hydrogen-bond acceptors (Lipinski definition) is 1. The molecule has 16 heavy (non-hydrogen) atoms. The molecule has 0 nitrogen and oxygen atoms in total. The lowest BCUT2D eigenvalue weighted by Crippen LogP contribution is -1.93. The SMILES string of the molecule is Fc1ccc(C(Br)c2sccc2Cl)cc1F. The third kappa shape index (κ3) is 2.29. The van der Waals surface area contributed by atoms with Crippen LogP contribution in [0.25, 0.3) is 0 Å². The second-order valence-electron chi connectivity index (χ2n) is 3.17. The Bertz CT molecular complexity index is 512. The standard InChI is InChI=1S/C11H6BrClF2S/c12-10(11-7(13)3-4-16-11)6-1-2-8(14)9(15)5-6/h1-5,10H. The quantitative estimate of drug-likeness (QED) is 0.669. The first-order chi connectivity index (χ1) is 7.59. The summed E-state index contributed by atoms with van der Waals surface area (Å²) in [6, 6.07) is 5.59. The van der Waals surface area contributed by atoms with Gasteiger partial charge in [-0.1, -0.05) is 33.6 Å². The van der Waals surface area contributed by atoms with Gasteiger partial charge in [0, 0.05) is 4.88 Å². The van der Waals surface area contributed by atoms with Crippen molar-refractivity contribution in [3.63, 3.8) is 0 Å². The summed E-state index contributed by atoms with van der Waals surface area (Å²) >= 11 is 10.9. The Morgan fingerprint density at radius 3 is 2.50 bits per heavy atom. The summed E-state index contributed by atoms with van der Waals surface area (Å²) in [5.41, 5.74) is 0.642. The first-order valence-electron chi connectivity index (χ1n) is 4.41. The smallest absolute Gasteiger partial charge is 0.159 e. The molecular weight excluding hydrogens is 318 g/mol. The molecule has 1 unspecified atom stereocenters. The lowest BCUT2D eigenvalue weighted by molar-refractivity contribution is 0.507. The minimum absolute atomic E-state index is 0.213. The van der Waals surface area contributed by atoms with Gasteiger partial charge in [0.25, 0.3) is 0 Å². The molecule has 5 heteroatoms. The molecule has 1 aromatic heterocycles. The summed E-state index contributed by atoms with van der Waals surface area (Å²) in [5.74, 6) is -1.70. The van der Waals surface area contributed by atoms with Gasteiger partial charge in [0.05, 0.1) is 9.85 Å². The summed E-state index contributed by atoms with van der Waals surface area (Å²) in [6.07, 6.45) is 0. The molecule has 84 valence electrons. The van der Waals surface area contributed by atoms with E-state index in [1.165, 1.54) is 23.5 Å². The van der Waals surface area contributed by atoms with Crippen molar-refractivity contribution in [2.45, 2.75) is 4.83 Å². The zero-order valence-corrected chi connectivity index (χ0v) is 11.0. The third-order valence-electron chi connectivity index (χ3n) is 2.11. The van der Waals surface area contributed by atoms with Gasteiger partial charge < -0.3 is 0 Å². The van der Waals surface area contributed by atoms with Crippen molar-refractivity contribution < 1.29 is 8.78 Å². The summed E-state index contributed by atoms with van der Waals surface area (Å²) in [5, 5.41) is 2.47. The highest BCUT2D eigenvalue weighted by molar-refractivity contribution is 9.09. The maximum absolute atomic E-state index is 13.1. The van der Waals surface area contributed by atoms with Gasteiger partial charge in [0.1, 0.15) is 0 Å². The Hall–Kier alpha value is -0.450. The van der Waals surface area contributed by atoms with E-state index in [-0.39, 0.29) is 4.83 Å². The molecule has 1 heterocycles. The Labute approximate surface area is 109 Å². The maximum atomic E-state index is 13.1. The topological polar surface area (TPSA) is 0 Å². The zero-order valence-electron chi connectivity index (χ0n) is 7.88. The molecule has 0 aliphatic heterocycles. The highest BCUT2D eigenvalue weighted by Crippen LogP contribution is 2.38. The van der Waals surface area contributed by atoms with Crippen LogP contribution in [-0.4, -0.2) is 0 Å². The summed E-state index contributed by atoms with van der Waals surface area (Å²) in [6.45, 7) is 0. The van der Waals surface area contributed by atoms with E-state index in [2.05, 4.69) is 15.9 Å². The molecule has 0 spiro atoms. The van der Waals surface area contributed by atoms with Gasteiger partial charge >= 0.3 is 0 Å². The molecule has 0 radical (unpaired) electrons. The molecule has 0 saturated heterocycles. The summed E-state index contributed by atoms with van der Waals surface area (Å²) < 4.78 is 25.8. The van der Waals surface area contributed by atoms with Crippen LogP contribution in [0.4, 0.5) is 8.78 Å². The van der Waals surface area contributed by atoms with E-state index in [1.54, 1.807) is 6.07 Å². The van der Waals surface area contributed by atoms with Crippen LogP contribution in [0.3, 0.4) is 0 Å². The van der Waals surface area contributed by atoms with Crippen LogP contribution in [0.1, 0.15) is 15.3 Å². The van der Waals surface area contributed by atoms with E-state index in [9.17, 15) is 8.78 Å². The van der Waals surface area contributed by atoms with Crippen molar-refractivity contribution in [1.82, 2.24) is 0 Å². The largest absolute Gasteiger partial charge is 0.204 e. The number of benzene rings is 1. The molecule has 0 N–H and O–H groups in total. The van der Waals surface area contributed by atoms with Crippen LogP contribution in [0.2, 0.25) is 5.02 Å². The van der Waals surface area contributed by atoms with Crippen molar-refractivity contribution in [2.75, 3.05) is 0 Å².